The summed E-state index contributed by atoms with van der Waals surface area (Å²) in [6.45, 7) is 62.6. The largest absolute Gasteiger partial charge is 0.265 e. The first-order valence-corrected chi connectivity index (χ1v) is 45.4. The zero-order chi connectivity index (χ0) is 100. The molecule has 720 valence electrons. The molecule has 0 saturated heterocycles. The van der Waals surface area contributed by atoms with Gasteiger partial charge in [-0.15, -0.1) is 40.8 Å². The van der Waals surface area contributed by atoms with Crippen LogP contribution < -0.4 is 0 Å². The van der Waals surface area contributed by atoms with Crippen molar-refractivity contribution in [3.05, 3.63) is 333 Å². The molecule has 0 N–H and O–H groups in total. The molecular weight excluding hydrogens is 1690 g/mol. The number of hydrogen-bond acceptors (Lipinski definition) is 35. The number of pyridine rings is 2. The van der Waals surface area contributed by atoms with E-state index in [0.717, 1.165) is 69.0 Å². The molecule has 0 fully saturated rings. The highest BCUT2D eigenvalue weighted by Gasteiger charge is 2.07. The monoisotopic (exact) mass is 1840 g/mol. The van der Waals surface area contributed by atoms with Crippen molar-refractivity contribution in [2.45, 2.75) is 296 Å². The van der Waals surface area contributed by atoms with E-state index in [1.54, 1.807) is 124 Å². The maximum absolute atomic E-state index is 4.18. The molecule has 0 aromatic carbocycles. The van der Waals surface area contributed by atoms with E-state index in [9.17, 15) is 0 Å². The van der Waals surface area contributed by atoms with Crippen molar-refractivity contribution < 1.29 is 0 Å². The summed E-state index contributed by atoms with van der Waals surface area (Å²) < 4.78 is 0. The molecule has 15 aromatic rings. The third-order valence-electron chi connectivity index (χ3n) is 17.0. The molecule has 0 radical (unpaired) electrons. The zero-order valence-electron chi connectivity index (χ0n) is 84.9. The molecule has 0 aliphatic heterocycles. The summed E-state index contributed by atoms with van der Waals surface area (Å²) in [6, 6.07) is 19.6. The van der Waals surface area contributed by atoms with Crippen LogP contribution in [0, 0.1) is 0 Å². The molecule has 35 heteroatoms. The Kier molecular flexibility index (Phi) is 65.5. The van der Waals surface area contributed by atoms with Gasteiger partial charge in [-0.05, 0) is 124 Å². The standard InChI is InChI=1S/2C8H11N.8C7H10N2.3C6H9N3.2C5H8N4/c1-7(2)8-3-5-9-6-4-8;1-7(2)8-5-3-4-6-9-8;1-6(2)7-3-8-5-9-4-7;3*1-6(2)7-5-8-3-4-9-7;1-6(2)7-3-4-8-5-9-7;2*1-6(2)7-8-4-3-5-9-7;1-6(2)7-4-3-5-8-9-7;1-5(2)6-8-3-7-4-9-6;1-5(2)6-3-7-4-8-9-6;1-5(2)6-7-3-4-8-9-6;1-4(2)5-8-6-3-7-9-5;1-4(2)5-6-3-7-9-8-5/h2*3-7H,1-2H3;8*3-6H,1-2H3;3*3-5H,1-2H3;2*3-4H,1-2H3. The van der Waals surface area contributed by atoms with Crippen LogP contribution in [0.4, 0.5) is 0 Å². The van der Waals surface area contributed by atoms with Crippen LogP contribution in [0.25, 0.3) is 0 Å². The van der Waals surface area contributed by atoms with E-state index in [1.165, 1.54) is 42.8 Å². The Balaban J connectivity index is 0.000000723. The minimum Gasteiger partial charge on any atom is -0.265 e. The topological polar surface area (TPSA) is 451 Å². The number of hydrogen-bond donors (Lipinski definition) is 0. The summed E-state index contributed by atoms with van der Waals surface area (Å²) in [4.78, 5) is 87.6. The van der Waals surface area contributed by atoms with Gasteiger partial charge >= 0.3 is 0 Å². The van der Waals surface area contributed by atoms with Crippen LogP contribution in [0.1, 0.15) is 382 Å². The molecule has 0 amide bonds. The number of nitrogens with zero attached hydrogens (tertiary/aromatic N) is 35. The predicted molar refractivity (Wildman–Crippen MR) is 531 cm³/mol. The molecule has 135 heavy (non-hydrogen) atoms. The lowest BCUT2D eigenvalue weighted by molar-refractivity contribution is 0.688. The zero-order valence-corrected chi connectivity index (χ0v) is 84.9. The normalized spacial score (nSPS) is 10.1. The van der Waals surface area contributed by atoms with E-state index in [-0.39, 0.29) is 0 Å². The Morgan fingerprint density at radius 3 is 0.770 bits per heavy atom. The third kappa shape index (κ3) is 60.5. The van der Waals surface area contributed by atoms with Gasteiger partial charge in [0.15, 0.2) is 23.8 Å². The minimum atomic E-state index is 0.311. The lowest BCUT2D eigenvalue weighted by atomic mass is 10.1. The van der Waals surface area contributed by atoms with Gasteiger partial charge in [0.1, 0.15) is 55.4 Å². The second-order valence-corrected chi connectivity index (χ2v) is 33.8. The lowest BCUT2D eigenvalue weighted by Gasteiger charge is -2.01. The van der Waals surface area contributed by atoms with Gasteiger partial charge in [0.25, 0.3) is 0 Å². The van der Waals surface area contributed by atoms with Gasteiger partial charge < -0.3 is 0 Å². The van der Waals surface area contributed by atoms with Crippen molar-refractivity contribution in [1.29, 1.82) is 0 Å². The molecular formula is C100H145N35. The molecule has 15 heterocycles. The van der Waals surface area contributed by atoms with Crippen LogP contribution in [0.5, 0.6) is 0 Å². The van der Waals surface area contributed by atoms with Gasteiger partial charge in [-0.3, -0.25) is 39.9 Å². The number of aromatic nitrogens is 35. The molecule has 15 aromatic heterocycles. The van der Waals surface area contributed by atoms with Gasteiger partial charge in [-0.25, -0.2) is 69.8 Å². The summed E-state index contributed by atoms with van der Waals surface area (Å²) in [5, 5.41) is 48.0. The lowest BCUT2D eigenvalue weighted by Crippen LogP contribution is -1.99. The van der Waals surface area contributed by atoms with Crippen molar-refractivity contribution in [2.75, 3.05) is 0 Å². The van der Waals surface area contributed by atoms with Crippen molar-refractivity contribution in [1.82, 2.24) is 176 Å². The van der Waals surface area contributed by atoms with E-state index in [2.05, 4.69) is 342 Å². The molecule has 0 saturated carbocycles. The quantitative estimate of drug-likeness (QED) is 0.0919. The fraction of sp³-hybridized carbons (Fsp3) is 0.450. The fourth-order valence-corrected chi connectivity index (χ4v) is 8.89. The molecule has 0 unspecified atom stereocenters. The average molecular weight is 1840 g/mol. The molecule has 35 nitrogen and oxygen atoms in total. The first kappa shape index (κ1) is 119. The Morgan fingerprint density at radius 2 is 0.504 bits per heavy atom. The van der Waals surface area contributed by atoms with Crippen LogP contribution in [-0.4, -0.2) is 176 Å². The minimum absolute atomic E-state index is 0.311. The molecule has 0 bridgehead atoms. The van der Waals surface area contributed by atoms with Crippen molar-refractivity contribution in [2.24, 2.45) is 0 Å². The maximum atomic E-state index is 4.18. The molecule has 0 atom stereocenters. The van der Waals surface area contributed by atoms with Crippen LogP contribution in [0.15, 0.2) is 247 Å². The van der Waals surface area contributed by atoms with E-state index in [1.807, 2.05) is 133 Å². The summed E-state index contributed by atoms with van der Waals surface area (Å²) in [5.41, 5.74) is 9.97. The molecule has 0 spiro atoms. The van der Waals surface area contributed by atoms with Crippen molar-refractivity contribution in [3.63, 3.8) is 0 Å². The van der Waals surface area contributed by atoms with Crippen molar-refractivity contribution in [3.8, 4) is 0 Å². The summed E-state index contributed by atoms with van der Waals surface area (Å²) in [6.07, 6.45) is 50.6. The highest BCUT2D eigenvalue weighted by atomic mass is 15.3. The van der Waals surface area contributed by atoms with Gasteiger partial charge in [0.2, 0.25) is 0 Å². The molecule has 0 aliphatic rings. The smallest absolute Gasteiger partial charge is 0.176 e. The van der Waals surface area contributed by atoms with Gasteiger partial charge in [-0.1, -0.05) is 214 Å². The first-order chi connectivity index (χ1) is 64.6. The van der Waals surface area contributed by atoms with Gasteiger partial charge in [0, 0.05) is 177 Å². The Bertz CT molecular complexity index is 3830. The van der Waals surface area contributed by atoms with Crippen LogP contribution >= 0.6 is 0 Å². The average Bonchev–Trinajstić information content (AvgIpc) is 1.07. The predicted octanol–water partition coefficient (Wildman–Crippen LogP) is 21.0. The summed E-state index contributed by atoms with van der Waals surface area (Å²) in [7, 11) is 0. The van der Waals surface area contributed by atoms with Crippen LogP contribution in [0.3, 0.4) is 0 Å². The van der Waals surface area contributed by atoms with E-state index < -0.39 is 0 Å². The maximum Gasteiger partial charge on any atom is 0.176 e. The first-order valence-electron chi connectivity index (χ1n) is 45.4. The highest BCUT2D eigenvalue weighted by molar-refractivity contribution is 5.14. The van der Waals surface area contributed by atoms with Gasteiger partial charge in [-0.2, -0.15) is 20.4 Å². The van der Waals surface area contributed by atoms with Crippen LogP contribution in [-0.2, 0) is 0 Å². The second-order valence-electron chi connectivity index (χ2n) is 33.8. The Hall–Kier alpha value is -14.2. The van der Waals surface area contributed by atoms with E-state index in [4.69, 9.17) is 0 Å². The third-order valence-corrected chi connectivity index (χ3v) is 17.0. The second kappa shape index (κ2) is 74.4. The Morgan fingerprint density at radius 1 is 0.148 bits per heavy atom. The van der Waals surface area contributed by atoms with E-state index in [0.29, 0.717) is 94.6 Å². The van der Waals surface area contributed by atoms with Crippen LogP contribution in [0.2, 0.25) is 0 Å². The fourth-order valence-electron chi connectivity index (χ4n) is 8.89. The summed E-state index contributed by atoms with van der Waals surface area (Å²) >= 11 is 0. The molecule has 0 aliphatic carbocycles. The highest BCUT2D eigenvalue weighted by Crippen LogP contribution is 2.16. The Labute approximate surface area is 801 Å². The molecule has 15 rings (SSSR count). The summed E-state index contributed by atoms with van der Waals surface area (Å²) in [5.74, 6) is 11.8. The van der Waals surface area contributed by atoms with E-state index >= 15 is 0 Å². The number of rotatable bonds is 15. The van der Waals surface area contributed by atoms with Gasteiger partial charge in [0.05, 0.1) is 40.9 Å². The SMILES string of the molecule is CC(C)c1ccccn1.CC(C)c1cccnn1.CC(C)c1ccncc1.CC(C)c1ccncn1.CC(C)c1cnccn1.CC(C)c1cnccn1.CC(C)c1cnccn1.CC(C)c1cncnc1.CC(C)c1cncnn1.CC(C)c1ncccn1.CC(C)c1ncccn1.CC(C)c1nccnn1.CC(C)c1ncncn1.CC(C)c1ncnnn1.CC(C)c1nncnn1. The van der Waals surface area contributed by atoms with Crippen molar-refractivity contribution >= 4 is 0 Å².